The number of carbonyl (C=O) groups is 3. The van der Waals surface area contributed by atoms with Gasteiger partial charge >= 0.3 is 11.9 Å². The van der Waals surface area contributed by atoms with Gasteiger partial charge < -0.3 is 33.3 Å². The van der Waals surface area contributed by atoms with Gasteiger partial charge in [0, 0.05) is 12.8 Å². The first-order valence-electron chi connectivity index (χ1n) is 40.5. The standard InChI is InChI=1S/C82H157NO8/c1-6-8-10-12-14-16-18-20-22-24-26-28-30-32-34-36-38-40-42-44-46-48-50-52-54-56-58-60-62-64-66-68-70-72-79(84)89-76-78(77-90-82(81(86)87)88-75-74-83(3,4)5)91-80(85)73-71-69-67-65-63-61-59-57-55-53-51-49-47-45-43-41-39-37-35-33-31-29-27-25-23-21-19-17-15-13-11-9-7-2/h24-27,78,82H,6-23,28-77H2,1-5H3/b26-24-,27-25-. The smallest absolute Gasteiger partial charge is 0.306 e. The first-order chi connectivity index (χ1) is 44.6. The van der Waals surface area contributed by atoms with Gasteiger partial charge in [-0.05, 0) is 64.2 Å². The van der Waals surface area contributed by atoms with E-state index in [0.29, 0.717) is 17.4 Å². The molecule has 0 aromatic carbocycles. The Morgan fingerprint density at radius 1 is 0.319 bits per heavy atom. The van der Waals surface area contributed by atoms with E-state index in [2.05, 4.69) is 38.2 Å². The lowest BCUT2D eigenvalue weighted by molar-refractivity contribution is -0.870. The lowest BCUT2D eigenvalue weighted by Gasteiger charge is -2.26. The van der Waals surface area contributed by atoms with Crippen molar-refractivity contribution >= 4 is 17.9 Å². The molecule has 9 nitrogen and oxygen atoms in total. The third-order valence-corrected chi connectivity index (χ3v) is 18.7. The van der Waals surface area contributed by atoms with E-state index in [1.165, 1.54) is 360 Å². The number of hydrogen-bond donors (Lipinski definition) is 0. The predicted octanol–water partition coefficient (Wildman–Crippen LogP) is 24.4. The summed E-state index contributed by atoms with van der Waals surface area (Å²) in [5, 5.41) is 11.9. The monoisotopic (exact) mass is 1280 g/mol. The normalized spacial score (nSPS) is 12.7. The van der Waals surface area contributed by atoms with Crippen molar-refractivity contribution in [2.24, 2.45) is 0 Å². The SMILES string of the molecule is CCCCCCCCCC/C=C\CCCCCCCCCCCCCCCCCCCCCCCC(=O)OCC(COC(OCC[N+](C)(C)C)C(=O)[O-])OC(=O)CCCCCCCCCCCCCCCCCCCCCCC/C=C\CCCCCCCCCC. The van der Waals surface area contributed by atoms with Gasteiger partial charge in [0.1, 0.15) is 13.2 Å². The van der Waals surface area contributed by atoms with Crippen LogP contribution in [-0.4, -0.2) is 82.3 Å². The van der Waals surface area contributed by atoms with Gasteiger partial charge in [-0.25, -0.2) is 0 Å². The van der Waals surface area contributed by atoms with Gasteiger partial charge in [0.05, 0.1) is 40.3 Å². The number of allylic oxidation sites excluding steroid dienone is 4. The highest BCUT2D eigenvalue weighted by Crippen LogP contribution is 2.20. The molecule has 9 heteroatoms. The van der Waals surface area contributed by atoms with E-state index in [9.17, 15) is 19.5 Å². The number of ether oxygens (including phenoxy) is 4. The first-order valence-corrected chi connectivity index (χ1v) is 40.5. The number of nitrogens with zero attached hydrogens (tertiary/aromatic N) is 1. The molecule has 0 radical (unpaired) electrons. The summed E-state index contributed by atoms with van der Waals surface area (Å²) in [7, 11) is 5.95. The van der Waals surface area contributed by atoms with E-state index in [4.69, 9.17) is 18.9 Å². The molecule has 0 rings (SSSR count). The van der Waals surface area contributed by atoms with E-state index in [1.54, 1.807) is 0 Å². The van der Waals surface area contributed by atoms with Crippen LogP contribution in [0.5, 0.6) is 0 Å². The van der Waals surface area contributed by atoms with E-state index >= 15 is 0 Å². The summed E-state index contributed by atoms with van der Waals surface area (Å²) in [4.78, 5) is 37.6. The summed E-state index contributed by atoms with van der Waals surface area (Å²) >= 11 is 0. The Morgan fingerprint density at radius 3 is 0.813 bits per heavy atom. The number of unbranched alkanes of at least 4 members (excludes halogenated alkanes) is 58. The maximum absolute atomic E-state index is 13.0. The lowest BCUT2D eigenvalue weighted by Crippen LogP contribution is -2.44. The van der Waals surface area contributed by atoms with Crippen LogP contribution in [0.25, 0.3) is 0 Å². The number of likely N-dealkylation sites (N-methyl/N-ethyl adjacent to an activating group) is 1. The molecule has 0 aromatic heterocycles. The summed E-state index contributed by atoms with van der Waals surface area (Å²) in [5.41, 5.74) is 0. The molecule has 91 heavy (non-hydrogen) atoms. The quantitative estimate of drug-likeness (QED) is 0.0195. The number of quaternary nitrogens is 1. The van der Waals surface area contributed by atoms with Gasteiger partial charge in [-0.3, -0.25) is 9.59 Å². The van der Waals surface area contributed by atoms with Crippen molar-refractivity contribution in [3.05, 3.63) is 24.3 Å². The molecule has 0 heterocycles. The number of carbonyl (C=O) groups excluding carboxylic acids is 3. The van der Waals surface area contributed by atoms with E-state index < -0.39 is 24.3 Å². The van der Waals surface area contributed by atoms with Gasteiger partial charge in [0.2, 0.25) is 0 Å². The van der Waals surface area contributed by atoms with Gasteiger partial charge in [-0.2, -0.15) is 0 Å². The molecule has 0 aliphatic heterocycles. The molecule has 0 saturated carbocycles. The second-order valence-corrected chi connectivity index (χ2v) is 29.1. The molecule has 0 saturated heterocycles. The zero-order valence-electron chi connectivity index (χ0n) is 61.8. The van der Waals surface area contributed by atoms with Crippen molar-refractivity contribution in [2.75, 3.05) is 47.5 Å². The molecule has 0 N–H and O–H groups in total. The Morgan fingerprint density at radius 2 is 0.560 bits per heavy atom. The minimum Gasteiger partial charge on any atom is -0.545 e. The van der Waals surface area contributed by atoms with E-state index in [0.717, 1.165) is 38.5 Å². The fraction of sp³-hybridized carbons (Fsp3) is 0.915. The van der Waals surface area contributed by atoms with Crippen molar-refractivity contribution in [3.8, 4) is 0 Å². The van der Waals surface area contributed by atoms with Crippen LogP contribution in [0.4, 0.5) is 0 Å². The van der Waals surface area contributed by atoms with Crippen molar-refractivity contribution in [1.82, 2.24) is 0 Å². The van der Waals surface area contributed by atoms with Crippen LogP contribution in [0.2, 0.25) is 0 Å². The van der Waals surface area contributed by atoms with Gasteiger partial charge in [0.15, 0.2) is 12.4 Å². The van der Waals surface area contributed by atoms with Crippen LogP contribution < -0.4 is 5.11 Å². The Balaban J connectivity index is 3.96. The second-order valence-electron chi connectivity index (χ2n) is 29.1. The zero-order chi connectivity index (χ0) is 66.1. The van der Waals surface area contributed by atoms with E-state index in [1.807, 2.05) is 21.1 Å². The van der Waals surface area contributed by atoms with Crippen LogP contribution in [-0.2, 0) is 33.3 Å². The summed E-state index contributed by atoms with van der Waals surface area (Å²) in [6.07, 6.45) is 90.3. The van der Waals surface area contributed by atoms with Crippen molar-refractivity contribution in [1.29, 1.82) is 0 Å². The predicted molar refractivity (Wildman–Crippen MR) is 390 cm³/mol. The van der Waals surface area contributed by atoms with Gasteiger partial charge in [-0.15, -0.1) is 0 Å². The maximum Gasteiger partial charge on any atom is 0.306 e. The fourth-order valence-corrected chi connectivity index (χ4v) is 12.5. The molecule has 0 aliphatic rings. The molecule has 2 unspecified atom stereocenters. The molecule has 2 atom stereocenters. The summed E-state index contributed by atoms with van der Waals surface area (Å²) in [5.74, 6) is -2.24. The molecule has 0 aromatic rings. The lowest BCUT2D eigenvalue weighted by atomic mass is 10.0. The number of carboxylic acids is 1. The largest absolute Gasteiger partial charge is 0.545 e. The Kier molecular flexibility index (Phi) is 71.8. The maximum atomic E-state index is 13.0. The highest BCUT2D eigenvalue weighted by atomic mass is 16.7. The molecule has 538 valence electrons. The highest BCUT2D eigenvalue weighted by Gasteiger charge is 2.22. The number of hydrogen-bond acceptors (Lipinski definition) is 8. The molecular formula is C82H157NO8. The van der Waals surface area contributed by atoms with Gasteiger partial charge in [0.25, 0.3) is 0 Å². The highest BCUT2D eigenvalue weighted by molar-refractivity contribution is 5.70. The average Bonchev–Trinajstić information content (AvgIpc) is 3.63. The first kappa shape index (κ1) is 88.8. The summed E-state index contributed by atoms with van der Waals surface area (Å²) in [6.45, 7) is 4.84. The molecule has 0 amide bonds. The molecule has 0 bridgehead atoms. The topological polar surface area (TPSA) is 111 Å². The Bertz CT molecular complexity index is 1540. The van der Waals surface area contributed by atoms with Crippen LogP contribution >= 0.6 is 0 Å². The minimum atomic E-state index is -1.62. The summed E-state index contributed by atoms with van der Waals surface area (Å²) < 4.78 is 22.9. The van der Waals surface area contributed by atoms with Crippen molar-refractivity contribution in [3.63, 3.8) is 0 Å². The average molecular weight is 1290 g/mol. The molecule has 0 fully saturated rings. The number of rotatable bonds is 77. The molecular weight excluding hydrogens is 1130 g/mol. The second kappa shape index (κ2) is 73.6. The van der Waals surface area contributed by atoms with Crippen LogP contribution in [0.3, 0.4) is 0 Å². The third-order valence-electron chi connectivity index (χ3n) is 18.7. The molecule has 0 aliphatic carbocycles. The van der Waals surface area contributed by atoms with Crippen molar-refractivity contribution < 1.29 is 42.9 Å². The number of esters is 2. The zero-order valence-corrected chi connectivity index (χ0v) is 61.8. The van der Waals surface area contributed by atoms with Gasteiger partial charge in [-0.1, -0.05) is 372 Å². The molecule has 0 spiro atoms. The van der Waals surface area contributed by atoms with Crippen LogP contribution in [0, 0.1) is 0 Å². The fourth-order valence-electron chi connectivity index (χ4n) is 12.5. The van der Waals surface area contributed by atoms with Crippen LogP contribution in [0.1, 0.15) is 425 Å². The van der Waals surface area contributed by atoms with Crippen molar-refractivity contribution in [2.45, 2.75) is 437 Å². The Labute approximate surface area is 567 Å². The number of carboxylic acid groups (broad SMARTS) is 1. The summed E-state index contributed by atoms with van der Waals surface area (Å²) in [6, 6.07) is 0. The Hall–Kier alpha value is -2.23. The van der Waals surface area contributed by atoms with Crippen LogP contribution in [0.15, 0.2) is 24.3 Å². The third kappa shape index (κ3) is 75.0. The van der Waals surface area contributed by atoms with E-state index in [-0.39, 0.29) is 32.2 Å². The minimum absolute atomic E-state index is 0.152. The number of aliphatic carboxylic acids is 1.